The van der Waals surface area contributed by atoms with Crippen LogP contribution in [0.5, 0.6) is 0 Å². The fourth-order valence-electron chi connectivity index (χ4n) is 1.00. The standard InChI is InChI=1S/C7H4N4O2/c12-1-4(13)5-6-7(10-2-8-5)11-3-9-6/h1-3H,(H,8,9,10,11). The number of aromatic nitrogens is 4. The average molecular weight is 176 g/mol. The lowest BCUT2D eigenvalue weighted by atomic mass is 10.2. The second kappa shape index (κ2) is 2.74. The maximum Gasteiger partial charge on any atom is 0.243 e. The lowest BCUT2D eigenvalue weighted by Gasteiger charge is -1.98. The summed E-state index contributed by atoms with van der Waals surface area (Å²) in [5.41, 5.74) is 0.442. The molecular formula is C7H4N4O2. The Balaban J connectivity index is 2.64. The molecule has 0 atom stereocenters. The third-order valence-electron chi connectivity index (χ3n) is 1.56. The molecule has 1 N–H and O–H groups in total. The van der Waals surface area contributed by atoms with Gasteiger partial charge in [-0.3, -0.25) is 9.59 Å². The molecule has 0 spiro atoms. The van der Waals surface area contributed by atoms with E-state index in [1.54, 1.807) is 0 Å². The van der Waals surface area contributed by atoms with Crippen molar-refractivity contribution < 1.29 is 9.59 Å². The van der Waals surface area contributed by atoms with Crippen LogP contribution < -0.4 is 0 Å². The van der Waals surface area contributed by atoms with Crippen LogP contribution in [0.15, 0.2) is 12.7 Å². The van der Waals surface area contributed by atoms with Gasteiger partial charge < -0.3 is 4.98 Å². The van der Waals surface area contributed by atoms with E-state index < -0.39 is 5.78 Å². The molecule has 0 radical (unpaired) electrons. The highest BCUT2D eigenvalue weighted by Crippen LogP contribution is 2.15. The molecule has 2 aliphatic rings. The zero-order chi connectivity index (χ0) is 9.26. The normalized spacial score (nSPS) is 10.2. The van der Waals surface area contributed by atoms with Gasteiger partial charge >= 0.3 is 0 Å². The van der Waals surface area contributed by atoms with Gasteiger partial charge in [-0.1, -0.05) is 0 Å². The van der Waals surface area contributed by atoms with Crippen molar-refractivity contribution in [2.75, 3.05) is 0 Å². The summed E-state index contributed by atoms with van der Waals surface area (Å²) in [5.74, 6) is -0.308. The molecule has 0 saturated carbocycles. The Morgan fingerprint density at radius 3 is 3.00 bits per heavy atom. The number of H-pyrrole nitrogens is 1. The van der Waals surface area contributed by atoms with Gasteiger partial charge in [0.15, 0.2) is 12.1 Å². The summed E-state index contributed by atoms with van der Waals surface area (Å²) >= 11 is 0. The average Bonchev–Trinajstić information content (AvgIpc) is 2.63. The zero-order valence-corrected chi connectivity index (χ0v) is 6.39. The van der Waals surface area contributed by atoms with Crippen molar-refractivity contribution in [3.8, 4) is 11.5 Å². The smallest absolute Gasteiger partial charge is 0.243 e. The van der Waals surface area contributed by atoms with E-state index in [1.807, 2.05) is 0 Å². The molecule has 0 unspecified atom stereocenters. The molecular weight excluding hydrogens is 172 g/mol. The Kier molecular flexibility index (Phi) is 1.59. The Morgan fingerprint density at radius 1 is 1.38 bits per heavy atom. The van der Waals surface area contributed by atoms with E-state index in [1.165, 1.54) is 12.7 Å². The SMILES string of the molecule is O=CC(=O)c1[nH]cnc2ncnc1-2. The molecule has 0 amide bonds. The van der Waals surface area contributed by atoms with Crippen LogP contribution in [0.4, 0.5) is 0 Å². The van der Waals surface area contributed by atoms with Crippen molar-refractivity contribution in [3.05, 3.63) is 18.3 Å². The third kappa shape index (κ3) is 1.08. The highest BCUT2D eigenvalue weighted by molar-refractivity contribution is 6.33. The number of nitrogens with zero attached hydrogens (tertiary/aromatic N) is 3. The summed E-state index contributed by atoms with van der Waals surface area (Å²) in [5, 5.41) is 0. The van der Waals surface area contributed by atoms with Crippen molar-refractivity contribution in [1.82, 2.24) is 19.9 Å². The summed E-state index contributed by atoms with van der Waals surface area (Å²) in [6.07, 6.45) is 2.81. The Hall–Kier alpha value is -2.11. The molecule has 6 heteroatoms. The first-order chi connectivity index (χ1) is 6.33. The second-order valence-corrected chi connectivity index (χ2v) is 2.31. The minimum Gasteiger partial charge on any atom is -0.341 e. The first kappa shape index (κ1) is 7.53. The van der Waals surface area contributed by atoms with Crippen LogP contribution in [-0.4, -0.2) is 32.0 Å². The number of nitrogens with one attached hydrogen (secondary N) is 1. The molecule has 2 aliphatic heterocycles. The first-order valence-electron chi connectivity index (χ1n) is 3.46. The van der Waals surface area contributed by atoms with Gasteiger partial charge in [0.25, 0.3) is 0 Å². The predicted molar refractivity (Wildman–Crippen MR) is 41.2 cm³/mol. The highest BCUT2D eigenvalue weighted by atomic mass is 16.2. The van der Waals surface area contributed by atoms with Gasteiger partial charge in [0.05, 0.1) is 6.33 Å². The van der Waals surface area contributed by atoms with Gasteiger partial charge in [-0.05, 0) is 0 Å². The van der Waals surface area contributed by atoms with Gasteiger partial charge in [0.2, 0.25) is 5.78 Å². The highest BCUT2D eigenvalue weighted by Gasteiger charge is 2.17. The molecule has 0 aromatic heterocycles. The van der Waals surface area contributed by atoms with E-state index in [0.717, 1.165) is 0 Å². The van der Waals surface area contributed by atoms with Gasteiger partial charge in [-0.25, -0.2) is 15.0 Å². The van der Waals surface area contributed by atoms with Crippen LogP contribution in [0.25, 0.3) is 11.5 Å². The number of Topliss-reactive ketones (excluding diaryl/α,β-unsaturated/α-hetero) is 1. The monoisotopic (exact) mass is 176 g/mol. The minimum atomic E-state index is -0.659. The second-order valence-electron chi connectivity index (χ2n) is 2.31. The Morgan fingerprint density at radius 2 is 2.23 bits per heavy atom. The number of carbonyl (C=O) groups is 2. The molecule has 0 saturated heterocycles. The number of imidazole rings is 1. The number of aldehydes is 1. The van der Waals surface area contributed by atoms with Crippen LogP contribution >= 0.6 is 0 Å². The number of rotatable bonds is 2. The van der Waals surface area contributed by atoms with Crippen molar-refractivity contribution in [2.24, 2.45) is 0 Å². The number of ketones is 1. The van der Waals surface area contributed by atoms with Crippen LogP contribution in [0.1, 0.15) is 10.5 Å². The zero-order valence-electron chi connectivity index (χ0n) is 6.39. The van der Waals surface area contributed by atoms with Crippen molar-refractivity contribution >= 4 is 12.1 Å². The molecule has 0 aromatic rings. The van der Waals surface area contributed by atoms with Crippen LogP contribution in [0.2, 0.25) is 0 Å². The summed E-state index contributed by atoms with van der Waals surface area (Å²) < 4.78 is 0. The van der Waals surface area contributed by atoms with E-state index >= 15 is 0 Å². The minimum absolute atomic E-state index is 0.123. The van der Waals surface area contributed by atoms with Crippen molar-refractivity contribution in [1.29, 1.82) is 0 Å². The third-order valence-corrected chi connectivity index (χ3v) is 1.56. The van der Waals surface area contributed by atoms with E-state index in [4.69, 9.17) is 0 Å². The summed E-state index contributed by atoms with van der Waals surface area (Å²) in [6.45, 7) is 0. The maximum absolute atomic E-state index is 11.0. The van der Waals surface area contributed by atoms with Gasteiger partial charge in [-0.15, -0.1) is 0 Å². The summed E-state index contributed by atoms with van der Waals surface area (Å²) in [4.78, 5) is 35.2. The van der Waals surface area contributed by atoms with Gasteiger partial charge in [0.1, 0.15) is 17.7 Å². The van der Waals surface area contributed by atoms with Crippen molar-refractivity contribution in [2.45, 2.75) is 0 Å². The maximum atomic E-state index is 11.0. The van der Waals surface area contributed by atoms with Crippen LogP contribution in [-0.2, 0) is 4.79 Å². The summed E-state index contributed by atoms with van der Waals surface area (Å²) in [6, 6.07) is 0. The number of carbonyl (C=O) groups excluding carboxylic acids is 2. The largest absolute Gasteiger partial charge is 0.341 e. The number of hydrogen-bond donors (Lipinski definition) is 1. The van der Waals surface area contributed by atoms with Gasteiger partial charge in [-0.2, -0.15) is 0 Å². The summed E-state index contributed by atoms with van der Waals surface area (Å²) in [7, 11) is 0. The first-order valence-corrected chi connectivity index (χ1v) is 3.46. The van der Waals surface area contributed by atoms with E-state index in [2.05, 4.69) is 19.9 Å². The fourth-order valence-corrected chi connectivity index (χ4v) is 1.00. The molecule has 0 aromatic carbocycles. The predicted octanol–water partition coefficient (Wildman–Crippen LogP) is -0.314. The van der Waals surface area contributed by atoms with Gasteiger partial charge in [0, 0.05) is 0 Å². The molecule has 2 heterocycles. The lowest BCUT2D eigenvalue weighted by Crippen LogP contribution is -2.07. The molecule has 64 valence electrons. The Labute approximate surface area is 72.4 Å². The quantitative estimate of drug-likeness (QED) is 0.385. The fraction of sp³-hybridized carbons (Fsp3) is 0. The number of aromatic amines is 1. The van der Waals surface area contributed by atoms with Crippen molar-refractivity contribution in [3.63, 3.8) is 0 Å². The van der Waals surface area contributed by atoms with Crippen LogP contribution in [0.3, 0.4) is 0 Å². The molecule has 2 rings (SSSR count). The van der Waals surface area contributed by atoms with E-state index in [0.29, 0.717) is 11.5 Å². The van der Waals surface area contributed by atoms with Crippen LogP contribution in [0, 0.1) is 0 Å². The molecule has 13 heavy (non-hydrogen) atoms. The number of fused-ring (bicyclic) bond motifs is 1. The topological polar surface area (TPSA) is 88.6 Å². The number of hydrogen-bond acceptors (Lipinski definition) is 5. The molecule has 0 aliphatic carbocycles. The molecule has 6 nitrogen and oxygen atoms in total. The lowest BCUT2D eigenvalue weighted by molar-refractivity contribution is -0.104. The van der Waals surface area contributed by atoms with E-state index in [-0.39, 0.29) is 12.0 Å². The molecule has 0 bridgehead atoms. The Bertz CT molecular complexity index is 436. The molecule has 0 fully saturated rings. The van der Waals surface area contributed by atoms with E-state index in [9.17, 15) is 9.59 Å².